The van der Waals surface area contributed by atoms with Crippen LogP contribution in [0.5, 0.6) is 0 Å². The lowest BCUT2D eigenvalue weighted by atomic mass is 10.1. The standard InChI is InChI=1S/C14H22N2O2.ClH/c1-3-15-11-12-7-5-6-8-13(12)16-14(17)9-10-18-4-2;/h5-8,15H,3-4,9-11H2,1-2H3,(H,16,17);1H. The van der Waals surface area contributed by atoms with Crippen molar-refractivity contribution in [2.24, 2.45) is 0 Å². The molecule has 1 aromatic rings. The molecule has 1 rings (SSSR count). The molecule has 0 heterocycles. The summed E-state index contributed by atoms with van der Waals surface area (Å²) < 4.78 is 5.16. The van der Waals surface area contributed by atoms with Crippen molar-refractivity contribution in [2.45, 2.75) is 26.8 Å². The Balaban J connectivity index is 0.00000324. The quantitative estimate of drug-likeness (QED) is 0.722. The fourth-order valence-corrected chi connectivity index (χ4v) is 1.58. The molecule has 5 heteroatoms. The smallest absolute Gasteiger partial charge is 0.226 e. The summed E-state index contributed by atoms with van der Waals surface area (Å²) in [5, 5.41) is 6.17. The Morgan fingerprint density at radius 1 is 1.26 bits per heavy atom. The van der Waals surface area contributed by atoms with Crippen molar-refractivity contribution < 1.29 is 9.53 Å². The number of hydrogen-bond acceptors (Lipinski definition) is 3. The summed E-state index contributed by atoms with van der Waals surface area (Å²) in [4.78, 5) is 11.7. The predicted octanol–water partition coefficient (Wildman–Crippen LogP) is 2.58. The second kappa shape index (κ2) is 10.8. The summed E-state index contributed by atoms with van der Waals surface area (Å²) in [5.74, 6) is -0.00704. The number of carbonyl (C=O) groups excluding carboxylic acids is 1. The molecular formula is C14H23ClN2O2. The first-order chi connectivity index (χ1) is 8.77. The molecule has 4 nitrogen and oxygen atoms in total. The van der Waals surface area contributed by atoms with Crippen LogP contribution in [0.15, 0.2) is 24.3 Å². The van der Waals surface area contributed by atoms with Crippen LogP contribution in [0.3, 0.4) is 0 Å². The Kier molecular flexibility index (Phi) is 10.2. The molecular weight excluding hydrogens is 264 g/mol. The SMILES string of the molecule is CCNCc1ccccc1NC(=O)CCOCC.Cl. The lowest BCUT2D eigenvalue weighted by Gasteiger charge is -2.11. The maximum atomic E-state index is 11.7. The summed E-state index contributed by atoms with van der Waals surface area (Å²) >= 11 is 0. The van der Waals surface area contributed by atoms with Crippen molar-refractivity contribution in [2.75, 3.05) is 25.1 Å². The van der Waals surface area contributed by atoms with E-state index >= 15 is 0 Å². The summed E-state index contributed by atoms with van der Waals surface area (Å²) in [6.45, 7) is 6.76. The van der Waals surface area contributed by atoms with Gasteiger partial charge in [0.25, 0.3) is 0 Å². The van der Waals surface area contributed by atoms with Crippen LogP contribution in [0.25, 0.3) is 0 Å². The first-order valence-electron chi connectivity index (χ1n) is 6.44. The van der Waals surface area contributed by atoms with Gasteiger partial charge in [-0.2, -0.15) is 0 Å². The van der Waals surface area contributed by atoms with Gasteiger partial charge in [0, 0.05) is 18.8 Å². The van der Waals surface area contributed by atoms with E-state index in [1.54, 1.807) is 0 Å². The number of carbonyl (C=O) groups is 1. The Labute approximate surface area is 121 Å². The largest absolute Gasteiger partial charge is 0.381 e. The van der Waals surface area contributed by atoms with E-state index in [0.717, 1.165) is 24.3 Å². The molecule has 0 fully saturated rings. The molecule has 0 spiro atoms. The third-order valence-corrected chi connectivity index (χ3v) is 2.53. The average Bonchev–Trinajstić information content (AvgIpc) is 2.38. The highest BCUT2D eigenvalue weighted by atomic mass is 35.5. The molecule has 0 atom stereocenters. The number of hydrogen-bond donors (Lipinski definition) is 2. The summed E-state index contributed by atoms with van der Waals surface area (Å²) in [6.07, 6.45) is 0.392. The lowest BCUT2D eigenvalue weighted by Crippen LogP contribution is -2.18. The van der Waals surface area contributed by atoms with E-state index in [1.165, 1.54) is 0 Å². The first kappa shape index (κ1) is 17.9. The van der Waals surface area contributed by atoms with Gasteiger partial charge in [-0.05, 0) is 25.1 Å². The van der Waals surface area contributed by atoms with Crippen LogP contribution in [0.1, 0.15) is 25.8 Å². The molecule has 0 bridgehead atoms. The van der Waals surface area contributed by atoms with Gasteiger partial charge in [-0.1, -0.05) is 25.1 Å². The van der Waals surface area contributed by atoms with Gasteiger partial charge >= 0.3 is 0 Å². The number of benzene rings is 1. The Bertz CT molecular complexity index is 372. The third-order valence-electron chi connectivity index (χ3n) is 2.53. The molecule has 19 heavy (non-hydrogen) atoms. The molecule has 0 aliphatic rings. The number of halogens is 1. The van der Waals surface area contributed by atoms with E-state index in [-0.39, 0.29) is 18.3 Å². The maximum Gasteiger partial charge on any atom is 0.226 e. The second-order valence-corrected chi connectivity index (χ2v) is 3.93. The fourth-order valence-electron chi connectivity index (χ4n) is 1.58. The zero-order valence-corrected chi connectivity index (χ0v) is 12.4. The molecule has 108 valence electrons. The number of anilines is 1. The van der Waals surface area contributed by atoms with Gasteiger partial charge in [0.15, 0.2) is 0 Å². The molecule has 0 aromatic heterocycles. The highest BCUT2D eigenvalue weighted by Gasteiger charge is 2.05. The molecule has 0 aliphatic heterocycles. The molecule has 1 amide bonds. The van der Waals surface area contributed by atoms with Crippen LogP contribution in [-0.4, -0.2) is 25.7 Å². The zero-order valence-electron chi connectivity index (χ0n) is 11.6. The topological polar surface area (TPSA) is 50.4 Å². The maximum absolute atomic E-state index is 11.7. The predicted molar refractivity (Wildman–Crippen MR) is 80.8 cm³/mol. The Morgan fingerprint density at radius 3 is 2.68 bits per heavy atom. The van der Waals surface area contributed by atoms with Crippen molar-refractivity contribution in [3.63, 3.8) is 0 Å². The third kappa shape index (κ3) is 7.15. The van der Waals surface area contributed by atoms with E-state index in [0.29, 0.717) is 19.6 Å². The molecule has 2 N–H and O–H groups in total. The van der Waals surface area contributed by atoms with Crippen LogP contribution < -0.4 is 10.6 Å². The van der Waals surface area contributed by atoms with Gasteiger partial charge in [-0.15, -0.1) is 12.4 Å². The molecule has 0 radical (unpaired) electrons. The monoisotopic (exact) mass is 286 g/mol. The summed E-state index contributed by atoms with van der Waals surface area (Å²) in [6, 6.07) is 7.84. The van der Waals surface area contributed by atoms with Crippen molar-refractivity contribution in [1.82, 2.24) is 5.32 Å². The first-order valence-corrected chi connectivity index (χ1v) is 6.44. The lowest BCUT2D eigenvalue weighted by molar-refractivity contribution is -0.117. The van der Waals surface area contributed by atoms with Crippen LogP contribution in [0.4, 0.5) is 5.69 Å². The average molecular weight is 287 g/mol. The van der Waals surface area contributed by atoms with Crippen molar-refractivity contribution in [3.8, 4) is 0 Å². The minimum atomic E-state index is -0.00704. The van der Waals surface area contributed by atoms with Crippen LogP contribution in [0, 0.1) is 0 Å². The molecule has 1 aromatic carbocycles. The van der Waals surface area contributed by atoms with E-state index in [1.807, 2.05) is 31.2 Å². The fraction of sp³-hybridized carbons (Fsp3) is 0.500. The van der Waals surface area contributed by atoms with Crippen LogP contribution in [0.2, 0.25) is 0 Å². The highest BCUT2D eigenvalue weighted by Crippen LogP contribution is 2.14. The van der Waals surface area contributed by atoms with Crippen LogP contribution in [-0.2, 0) is 16.1 Å². The van der Waals surface area contributed by atoms with Crippen molar-refractivity contribution >= 4 is 24.0 Å². The molecule has 0 saturated heterocycles. The number of amides is 1. The second-order valence-electron chi connectivity index (χ2n) is 3.93. The number of para-hydroxylation sites is 1. The van der Waals surface area contributed by atoms with E-state index in [4.69, 9.17) is 4.74 Å². The van der Waals surface area contributed by atoms with Gasteiger partial charge in [-0.3, -0.25) is 4.79 Å². The van der Waals surface area contributed by atoms with Gasteiger partial charge < -0.3 is 15.4 Å². The summed E-state index contributed by atoms with van der Waals surface area (Å²) in [7, 11) is 0. The van der Waals surface area contributed by atoms with Crippen molar-refractivity contribution in [1.29, 1.82) is 0 Å². The normalized spacial score (nSPS) is 9.79. The van der Waals surface area contributed by atoms with Gasteiger partial charge in [-0.25, -0.2) is 0 Å². The van der Waals surface area contributed by atoms with Gasteiger partial charge in [0.1, 0.15) is 0 Å². The molecule has 0 aliphatic carbocycles. The van der Waals surface area contributed by atoms with E-state index in [9.17, 15) is 4.79 Å². The Hall–Kier alpha value is -1.10. The minimum Gasteiger partial charge on any atom is -0.381 e. The van der Waals surface area contributed by atoms with Gasteiger partial charge in [0.2, 0.25) is 5.91 Å². The van der Waals surface area contributed by atoms with Crippen molar-refractivity contribution in [3.05, 3.63) is 29.8 Å². The minimum absolute atomic E-state index is 0. The zero-order chi connectivity index (χ0) is 13.2. The number of nitrogens with one attached hydrogen (secondary N) is 2. The molecule has 0 saturated carbocycles. The van der Waals surface area contributed by atoms with Crippen LogP contribution >= 0.6 is 12.4 Å². The van der Waals surface area contributed by atoms with E-state index < -0.39 is 0 Å². The molecule has 0 unspecified atom stereocenters. The number of ether oxygens (including phenoxy) is 1. The van der Waals surface area contributed by atoms with Gasteiger partial charge in [0.05, 0.1) is 13.0 Å². The summed E-state index contributed by atoms with van der Waals surface area (Å²) in [5.41, 5.74) is 1.98. The number of rotatable bonds is 8. The van der Waals surface area contributed by atoms with E-state index in [2.05, 4.69) is 17.6 Å². The Morgan fingerprint density at radius 2 is 2.00 bits per heavy atom. The highest BCUT2D eigenvalue weighted by molar-refractivity contribution is 5.91.